The zero-order valence-corrected chi connectivity index (χ0v) is 14.0. The van der Waals surface area contributed by atoms with Crippen molar-refractivity contribution in [1.29, 1.82) is 0 Å². The fourth-order valence-electron chi connectivity index (χ4n) is 3.35. The van der Waals surface area contributed by atoms with Crippen LogP contribution in [0.3, 0.4) is 0 Å². The number of carbonyl (C=O) groups excluding carboxylic acids is 1. The molecule has 0 saturated carbocycles. The van der Waals surface area contributed by atoms with Crippen molar-refractivity contribution in [2.24, 2.45) is 5.73 Å². The first kappa shape index (κ1) is 17.2. The lowest BCUT2D eigenvalue weighted by Gasteiger charge is -2.55. The van der Waals surface area contributed by atoms with Gasteiger partial charge in [0.2, 0.25) is 0 Å². The first-order valence-electron chi connectivity index (χ1n) is 7.03. The van der Waals surface area contributed by atoms with Crippen LogP contribution in [0.1, 0.15) is 47.0 Å². The smallest absolute Gasteiger partial charge is 0.407 e. The van der Waals surface area contributed by atoms with E-state index in [1.807, 2.05) is 0 Å². The average molecular weight is 301 g/mol. The molecule has 0 aromatic heterocycles. The summed E-state index contributed by atoms with van der Waals surface area (Å²) < 4.78 is 5.46. The van der Waals surface area contributed by atoms with Gasteiger partial charge in [0.15, 0.2) is 0 Å². The Balaban J connectivity index is 2.81. The van der Waals surface area contributed by atoms with E-state index >= 15 is 0 Å². The number of nitrogens with zero attached hydrogens (tertiary/aromatic N) is 1. The number of ether oxygens (including phenoxy) is 1. The molecule has 0 unspecified atom stereocenters. The van der Waals surface area contributed by atoms with Crippen LogP contribution in [0.4, 0.5) is 4.79 Å². The fourth-order valence-corrected chi connectivity index (χ4v) is 3.44. The maximum atomic E-state index is 11.4. The van der Waals surface area contributed by atoms with E-state index in [-0.39, 0.29) is 23.3 Å². The van der Waals surface area contributed by atoms with Crippen LogP contribution in [0.15, 0.2) is 0 Å². The quantitative estimate of drug-likeness (QED) is 0.778. The van der Waals surface area contributed by atoms with Gasteiger partial charge >= 0.3 is 6.09 Å². The van der Waals surface area contributed by atoms with Crippen LogP contribution in [-0.4, -0.2) is 46.8 Å². The lowest BCUT2D eigenvalue weighted by molar-refractivity contribution is -0.0815. The molecule has 1 aliphatic rings. The molecule has 0 aromatic rings. The molecule has 1 aliphatic heterocycles. The van der Waals surface area contributed by atoms with Gasteiger partial charge in [-0.25, -0.2) is 4.79 Å². The molecule has 0 bridgehead atoms. The Morgan fingerprint density at radius 3 is 2.25 bits per heavy atom. The maximum Gasteiger partial charge on any atom is 0.407 e. The van der Waals surface area contributed by atoms with Gasteiger partial charge in [0.25, 0.3) is 0 Å². The number of hydrogen-bond donors (Lipinski definition) is 2. The lowest BCUT2D eigenvalue weighted by atomic mass is 9.78. The van der Waals surface area contributed by atoms with Crippen molar-refractivity contribution in [3.8, 4) is 0 Å². The Hall–Kier alpha value is -0.880. The predicted molar refractivity (Wildman–Crippen MR) is 84.8 cm³/mol. The van der Waals surface area contributed by atoms with Gasteiger partial charge < -0.3 is 15.8 Å². The first-order valence-corrected chi connectivity index (χ1v) is 7.44. The highest BCUT2D eigenvalue weighted by molar-refractivity contribution is 7.80. The molecule has 1 rings (SSSR count). The van der Waals surface area contributed by atoms with E-state index in [9.17, 15) is 4.79 Å². The van der Waals surface area contributed by atoms with Crippen LogP contribution < -0.4 is 11.1 Å². The molecule has 0 radical (unpaired) electrons. The molecule has 1 saturated heterocycles. The second-order valence-corrected chi connectivity index (χ2v) is 7.20. The molecule has 20 heavy (non-hydrogen) atoms. The Labute approximate surface area is 127 Å². The number of likely N-dealkylation sites (tertiary alicyclic amines) is 1. The first-order chi connectivity index (χ1) is 9.08. The minimum Gasteiger partial charge on any atom is -0.446 e. The van der Waals surface area contributed by atoms with Crippen LogP contribution in [0.2, 0.25) is 0 Å². The van der Waals surface area contributed by atoms with E-state index in [4.69, 9.17) is 22.7 Å². The zero-order chi connectivity index (χ0) is 15.6. The summed E-state index contributed by atoms with van der Waals surface area (Å²) in [5.41, 5.74) is 5.50. The molecule has 0 spiro atoms. The number of carbonyl (C=O) groups is 1. The number of amides is 1. The van der Waals surface area contributed by atoms with Crippen LogP contribution in [0, 0.1) is 0 Å². The summed E-state index contributed by atoms with van der Waals surface area (Å²) in [5.74, 6) is 0. The van der Waals surface area contributed by atoms with Crippen molar-refractivity contribution in [3.63, 3.8) is 0 Å². The highest BCUT2D eigenvalue weighted by Gasteiger charge is 2.46. The van der Waals surface area contributed by atoms with E-state index in [2.05, 4.69) is 37.9 Å². The number of piperidine rings is 1. The summed E-state index contributed by atoms with van der Waals surface area (Å²) in [7, 11) is 1.58. The average Bonchev–Trinajstić information content (AvgIpc) is 2.24. The number of alkyl carbamates (subject to hydrolysis) is 1. The van der Waals surface area contributed by atoms with Gasteiger partial charge in [-0.2, -0.15) is 0 Å². The highest BCUT2D eigenvalue weighted by atomic mass is 32.1. The third-order valence-electron chi connectivity index (χ3n) is 3.98. The van der Waals surface area contributed by atoms with Gasteiger partial charge in [-0.3, -0.25) is 4.90 Å². The molecule has 0 aromatic carbocycles. The van der Waals surface area contributed by atoms with Crippen molar-refractivity contribution < 1.29 is 9.53 Å². The highest BCUT2D eigenvalue weighted by Crippen LogP contribution is 2.39. The largest absolute Gasteiger partial charge is 0.446 e. The molecule has 116 valence electrons. The van der Waals surface area contributed by atoms with Crippen LogP contribution in [0.25, 0.3) is 0 Å². The molecule has 1 amide bonds. The van der Waals surface area contributed by atoms with Crippen molar-refractivity contribution in [3.05, 3.63) is 0 Å². The Kier molecular flexibility index (Phi) is 5.38. The standard InChI is InChI=1S/C14H27N3O2S/c1-13(2)8-10(19-12(18)16-5)9-14(3,4)17(13)7-6-11(15)20/h10H,6-9H2,1-5H3,(H2,15,20)(H,16,18). The Bertz CT molecular complexity index is 365. The summed E-state index contributed by atoms with van der Waals surface area (Å²) in [6, 6.07) is 0. The topological polar surface area (TPSA) is 67.6 Å². The minimum absolute atomic E-state index is 0.0643. The van der Waals surface area contributed by atoms with Crippen molar-refractivity contribution in [1.82, 2.24) is 10.2 Å². The second kappa shape index (κ2) is 6.26. The maximum absolute atomic E-state index is 11.4. The predicted octanol–water partition coefficient (Wildman–Crippen LogP) is 2.04. The number of thiocarbonyl (C=S) groups is 1. The Morgan fingerprint density at radius 1 is 1.35 bits per heavy atom. The van der Waals surface area contributed by atoms with Crippen molar-refractivity contribution in [2.75, 3.05) is 13.6 Å². The van der Waals surface area contributed by atoms with E-state index < -0.39 is 0 Å². The van der Waals surface area contributed by atoms with E-state index in [1.54, 1.807) is 7.05 Å². The van der Waals surface area contributed by atoms with Gasteiger partial charge in [0, 0.05) is 43.9 Å². The summed E-state index contributed by atoms with van der Waals surface area (Å²) >= 11 is 4.98. The summed E-state index contributed by atoms with van der Waals surface area (Å²) in [6.07, 6.45) is 1.89. The molecule has 1 heterocycles. The molecule has 1 fully saturated rings. The number of rotatable bonds is 4. The van der Waals surface area contributed by atoms with Crippen molar-refractivity contribution >= 4 is 23.3 Å². The number of hydrogen-bond acceptors (Lipinski definition) is 4. The van der Waals surface area contributed by atoms with E-state index in [0.29, 0.717) is 11.4 Å². The van der Waals surface area contributed by atoms with Crippen LogP contribution in [0.5, 0.6) is 0 Å². The monoisotopic (exact) mass is 301 g/mol. The molecule has 6 heteroatoms. The third kappa shape index (κ3) is 4.31. The van der Waals surface area contributed by atoms with Crippen LogP contribution >= 0.6 is 12.2 Å². The molecular weight excluding hydrogens is 274 g/mol. The third-order valence-corrected chi connectivity index (χ3v) is 4.18. The summed E-state index contributed by atoms with van der Waals surface area (Å²) in [5, 5.41) is 2.51. The molecule has 0 atom stereocenters. The van der Waals surface area contributed by atoms with Gasteiger partial charge in [-0.05, 0) is 27.7 Å². The molecule has 0 aliphatic carbocycles. The van der Waals surface area contributed by atoms with Crippen molar-refractivity contribution in [2.45, 2.75) is 64.1 Å². The van der Waals surface area contributed by atoms with Gasteiger partial charge in [0.1, 0.15) is 6.10 Å². The van der Waals surface area contributed by atoms with Gasteiger partial charge in [-0.1, -0.05) is 12.2 Å². The number of nitrogens with two attached hydrogens (primary N) is 1. The molecule has 5 nitrogen and oxygen atoms in total. The summed E-state index contributed by atoms with van der Waals surface area (Å²) in [4.78, 5) is 14.4. The number of nitrogens with one attached hydrogen (secondary N) is 1. The van der Waals surface area contributed by atoms with Crippen LogP contribution in [-0.2, 0) is 4.74 Å². The van der Waals surface area contributed by atoms with Gasteiger partial charge in [0.05, 0.1) is 4.99 Å². The SMILES string of the molecule is CNC(=O)OC1CC(C)(C)N(CCC(N)=S)C(C)(C)C1. The summed E-state index contributed by atoms with van der Waals surface area (Å²) in [6.45, 7) is 9.53. The lowest BCUT2D eigenvalue weighted by Crippen LogP contribution is -2.62. The zero-order valence-electron chi connectivity index (χ0n) is 13.2. The van der Waals surface area contributed by atoms with E-state index in [0.717, 1.165) is 19.4 Å². The fraction of sp³-hybridized carbons (Fsp3) is 0.857. The van der Waals surface area contributed by atoms with E-state index in [1.165, 1.54) is 0 Å². The molecular formula is C14H27N3O2S. The second-order valence-electron chi connectivity index (χ2n) is 6.68. The molecule has 3 N–H and O–H groups in total. The normalized spacial score (nSPS) is 22.2. The van der Waals surface area contributed by atoms with Gasteiger partial charge in [-0.15, -0.1) is 0 Å². The minimum atomic E-state index is -0.363. The Morgan fingerprint density at radius 2 is 1.85 bits per heavy atom.